The molecular weight excluding hydrogens is 104 g/mol. The van der Waals surface area contributed by atoms with E-state index in [0.717, 1.165) is 5.92 Å². The molecule has 1 aliphatic carbocycles. The molecule has 7 heavy (non-hydrogen) atoms. The quantitative estimate of drug-likeness (QED) is 0.464. The molecule has 0 bridgehead atoms. The minimum atomic E-state index is 1.06. The van der Waals surface area contributed by atoms with E-state index in [1.54, 1.807) is 6.26 Å². The van der Waals surface area contributed by atoms with Crippen molar-refractivity contribution >= 4 is 12.6 Å². The molecule has 0 heterocycles. The van der Waals surface area contributed by atoms with Crippen LogP contribution in [0.5, 0.6) is 0 Å². The van der Waals surface area contributed by atoms with Crippen LogP contribution in [-0.4, -0.2) is 6.26 Å². The fourth-order valence-corrected chi connectivity index (χ4v) is 0.612. The second kappa shape index (κ2) is 4.51. The van der Waals surface area contributed by atoms with Crippen LogP contribution in [0.25, 0.3) is 0 Å². The van der Waals surface area contributed by atoms with Gasteiger partial charge in [-0.05, 0) is 12.2 Å². The van der Waals surface area contributed by atoms with E-state index in [4.69, 9.17) is 0 Å². The van der Waals surface area contributed by atoms with Crippen LogP contribution < -0.4 is 0 Å². The van der Waals surface area contributed by atoms with Crippen LogP contribution >= 0.6 is 12.6 Å². The Morgan fingerprint density at radius 1 is 1.29 bits per heavy atom. The fourth-order valence-electron chi connectivity index (χ4n) is 0.612. The van der Waals surface area contributed by atoms with Crippen LogP contribution in [0, 0.1) is 5.92 Å². The Morgan fingerprint density at radius 3 is 1.57 bits per heavy atom. The zero-order valence-corrected chi connectivity index (χ0v) is 6.04. The van der Waals surface area contributed by atoms with Gasteiger partial charge in [-0.15, -0.1) is 0 Å². The molecule has 1 heteroatoms. The minimum Gasteiger partial charge on any atom is -0.183 e. The van der Waals surface area contributed by atoms with Gasteiger partial charge in [-0.1, -0.05) is 26.2 Å². The Labute approximate surface area is 51.7 Å². The summed E-state index contributed by atoms with van der Waals surface area (Å²) in [6.07, 6.45) is 6.15. The summed E-state index contributed by atoms with van der Waals surface area (Å²) in [6.45, 7) is 2.31. The van der Waals surface area contributed by atoms with Crippen LogP contribution in [0.15, 0.2) is 0 Å². The number of hydrogen-bond acceptors (Lipinski definition) is 1. The maximum atomic E-state index is 3.53. The molecule has 0 aliphatic heterocycles. The van der Waals surface area contributed by atoms with Gasteiger partial charge in [0.05, 0.1) is 0 Å². The first-order valence-corrected chi connectivity index (χ1v) is 3.74. The molecule has 0 saturated heterocycles. The molecule has 1 rings (SSSR count). The highest BCUT2D eigenvalue weighted by Gasteiger charge is 2.09. The zero-order chi connectivity index (χ0) is 5.70. The topological polar surface area (TPSA) is 0 Å². The maximum Gasteiger partial charge on any atom is -0.0215 e. The molecule has 1 saturated carbocycles. The second-order valence-electron chi connectivity index (χ2n) is 2.04. The smallest absolute Gasteiger partial charge is 0.0215 e. The molecule has 0 amide bonds. The molecule has 0 aromatic carbocycles. The van der Waals surface area contributed by atoms with E-state index in [9.17, 15) is 0 Å². The summed E-state index contributed by atoms with van der Waals surface area (Å²) >= 11 is 3.53. The van der Waals surface area contributed by atoms with Gasteiger partial charge in [0.2, 0.25) is 0 Å². The third-order valence-electron chi connectivity index (χ3n) is 1.39. The van der Waals surface area contributed by atoms with Crippen molar-refractivity contribution in [3.05, 3.63) is 0 Å². The van der Waals surface area contributed by atoms with Gasteiger partial charge in [0.15, 0.2) is 0 Å². The third-order valence-corrected chi connectivity index (χ3v) is 1.39. The Bertz CT molecular complexity index is 31.2. The van der Waals surface area contributed by atoms with Gasteiger partial charge < -0.3 is 0 Å². The van der Waals surface area contributed by atoms with Crippen LogP contribution in [0.2, 0.25) is 0 Å². The van der Waals surface area contributed by atoms with E-state index in [1.165, 1.54) is 19.3 Å². The first-order chi connectivity index (χ1) is 3.39. The fraction of sp³-hybridized carbons (Fsp3) is 1.00. The van der Waals surface area contributed by atoms with Gasteiger partial charge in [0, 0.05) is 0 Å². The second-order valence-corrected chi connectivity index (χ2v) is 2.04. The van der Waals surface area contributed by atoms with Crippen molar-refractivity contribution in [2.45, 2.75) is 26.2 Å². The average molecular weight is 118 g/mol. The van der Waals surface area contributed by atoms with Gasteiger partial charge in [-0.3, -0.25) is 0 Å². The molecule has 0 nitrogen and oxygen atoms in total. The Hall–Kier alpha value is 0.350. The minimum absolute atomic E-state index is 1.06. The third kappa shape index (κ3) is 2.98. The number of thiol groups is 1. The number of hydrogen-bond donors (Lipinski definition) is 1. The van der Waals surface area contributed by atoms with Crippen molar-refractivity contribution in [1.82, 2.24) is 0 Å². The molecule has 0 N–H and O–H groups in total. The SMILES string of the molecule is CC1CCC1.CS. The van der Waals surface area contributed by atoms with E-state index in [1.807, 2.05) is 0 Å². The van der Waals surface area contributed by atoms with E-state index in [2.05, 4.69) is 19.6 Å². The van der Waals surface area contributed by atoms with Crippen molar-refractivity contribution in [2.75, 3.05) is 6.26 Å². The highest BCUT2D eigenvalue weighted by molar-refractivity contribution is 7.79. The van der Waals surface area contributed by atoms with Gasteiger partial charge >= 0.3 is 0 Å². The van der Waals surface area contributed by atoms with E-state index < -0.39 is 0 Å². The molecule has 0 aromatic heterocycles. The normalized spacial score (nSPS) is 19.3. The Kier molecular flexibility index (Phi) is 4.73. The molecule has 1 aliphatic rings. The summed E-state index contributed by atoms with van der Waals surface area (Å²) in [7, 11) is 0. The predicted octanol–water partition coefficient (Wildman–Crippen LogP) is 2.35. The molecule has 44 valence electrons. The van der Waals surface area contributed by atoms with Crippen molar-refractivity contribution in [1.29, 1.82) is 0 Å². The zero-order valence-electron chi connectivity index (χ0n) is 5.15. The van der Waals surface area contributed by atoms with Gasteiger partial charge in [0.25, 0.3) is 0 Å². The van der Waals surface area contributed by atoms with Crippen LogP contribution in [0.4, 0.5) is 0 Å². The van der Waals surface area contributed by atoms with Gasteiger partial charge in [0.1, 0.15) is 0 Å². The lowest BCUT2D eigenvalue weighted by Gasteiger charge is -2.18. The first kappa shape index (κ1) is 7.35. The molecule has 1 fully saturated rings. The molecule has 0 spiro atoms. The lowest BCUT2D eigenvalue weighted by molar-refractivity contribution is 0.346. The summed E-state index contributed by atoms with van der Waals surface area (Å²) in [4.78, 5) is 0. The van der Waals surface area contributed by atoms with Gasteiger partial charge in [-0.2, -0.15) is 12.6 Å². The summed E-state index contributed by atoms with van der Waals surface area (Å²) < 4.78 is 0. The maximum absolute atomic E-state index is 3.53. The molecule has 0 aromatic rings. The molecular formula is C6H14S. The molecule has 0 atom stereocenters. The van der Waals surface area contributed by atoms with E-state index in [-0.39, 0.29) is 0 Å². The monoisotopic (exact) mass is 118 g/mol. The van der Waals surface area contributed by atoms with E-state index >= 15 is 0 Å². The molecule has 0 radical (unpaired) electrons. The Morgan fingerprint density at radius 2 is 1.57 bits per heavy atom. The summed E-state index contributed by atoms with van der Waals surface area (Å²) in [5.41, 5.74) is 0. The summed E-state index contributed by atoms with van der Waals surface area (Å²) in [5, 5.41) is 0. The van der Waals surface area contributed by atoms with E-state index in [0.29, 0.717) is 0 Å². The largest absolute Gasteiger partial charge is 0.183 e. The Balaban J connectivity index is 0.000000162. The highest BCUT2D eigenvalue weighted by atomic mass is 32.1. The van der Waals surface area contributed by atoms with Gasteiger partial charge in [-0.25, -0.2) is 0 Å². The average Bonchev–Trinajstić information content (AvgIpc) is 1.68. The summed E-state index contributed by atoms with van der Waals surface area (Å²) in [6, 6.07) is 0. The summed E-state index contributed by atoms with van der Waals surface area (Å²) in [5.74, 6) is 1.06. The van der Waals surface area contributed by atoms with Crippen molar-refractivity contribution < 1.29 is 0 Å². The molecule has 0 unspecified atom stereocenters. The van der Waals surface area contributed by atoms with Crippen LogP contribution in [0.1, 0.15) is 26.2 Å². The first-order valence-electron chi connectivity index (χ1n) is 2.84. The van der Waals surface area contributed by atoms with Crippen molar-refractivity contribution in [2.24, 2.45) is 5.92 Å². The standard InChI is InChI=1S/C5H10.CH4S/c1-5-3-2-4-5;1-2/h5H,2-4H2,1H3;2H,1H3. The lowest BCUT2D eigenvalue weighted by atomic mass is 9.88. The highest BCUT2D eigenvalue weighted by Crippen LogP contribution is 2.24. The lowest BCUT2D eigenvalue weighted by Crippen LogP contribution is -2.04. The van der Waals surface area contributed by atoms with Crippen LogP contribution in [-0.2, 0) is 0 Å². The van der Waals surface area contributed by atoms with Crippen molar-refractivity contribution in [3.8, 4) is 0 Å². The van der Waals surface area contributed by atoms with Crippen LogP contribution in [0.3, 0.4) is 0 Å². The van der Waals surface area contributed by atoms with Crippen molar-refractivity contribution in [3.63, 3.8) is 0 Å². The predicted molar refractivity (Wildman–Crippen MR) is 37.9 cm³/mol. The number of rotatable bonds is 0.